The minimum atomic E-state index is -2.68. The van der Waals surface area contributed by atoms with E-state index in [0.29, 0.717) is 24.4 Å². The molecule has 3 aromatic rings. The molecule has 1 saturated heterocycles. The summed E-state index contributed by atoms with van der Waals surface area (Å²) < 4.78 is 26.0. The highest BCUT2D eigenvalue weighted by molar-refractivity contribution is 6.99. The van der Waals surface area contributed by atoms with Gasteiger partial charge in [0.25, 0.3) is 8.32 Å². The molecule has 1 aliphatic heterocycles. The molecule has 3 aliphatic rings. The molecule has 0 unspecified atom stereocenters. The van der Waals surface area contributed by atoms with Crippen LogP contribution in [0.2, 0.25) is 5.04 Å². The monoisotopic (exact) mass is 584 g/mol. The Morgan fingerprint density at radius 3 is 2.10 bits per heavy atom. The Kier molecular flexibility index (Phi) is 8.16. The first-order chi connectivity index (χ1) is 20.1. The van der Waals surface area contributed by atoms with Crippen molar-refractivity contribution in [2.75, 3.05) is 13.7 Å². The Hall–Kier alpha value is -2.44. The molecule has 2 fully saturated rings. The lowest BCUT2D eigenvalue weighted by molar-refractivity contribution is -0.139. The number of rotatable bonds is 8. The van der Waals surface area contributed by atoms with E-state index in [-0.39, 0.29) is 17.2 Å². The summed E-state index contributed by atoms with van der Waals surface area (Å²) >= 11 is 0. The fourth-order valence-corrected chi connectivity index (χ4v) is 13.0. The highest BCUT2D eigenvalue weighted by Crippen LogP contribution is 2.51. The molecule has 1 saturated carbocycles. The van der Waals surface area contributed by atoms with Crippen molar-refractivity contribution in [3.63, 3.8) is 0 Å². The smallest absolute Gasteiger partial charge is 0.261 e. The molecule has 0 radical (unpaired) electrons. The molecular formula is C37H48O4Si. The molecule has 0 aromatic heterocycles. The molecular weight excluding hydrogens is 536 g/mol. The van der Waals surface area contributed by atoms with Crippen LogP contribution in [0.25, 0.3) is 0 Å². The van der Waals surface area contributed by atoms with Crippen LogP contribution in [-0.2, 0) is 26.7 Å². The van der Waals surface area contributed by atoms with Gasteiger partial charge in [0.15, 0.2) is 5.79 Å². The molecule has 5 heteroatoms. The number of hydrogen-bond donors (Lipinski definition) is 0. The zero-order valence-corrected chi connectivity index (χ0v) is 27.3. The Morgan fingerprint density at radius 2 is 1.52 bits per heavy atom. The van der Waals surface area contributed by atoms with Gasteiger partial charge in [0, 0.05) is 6.10 Å². The van der Waals surface area contributed by atoms with E-state index in [1.54, 1.807) is 7.11 Å². The second-order valence-electron chi connectivity index (χ2n) is 14.2. The van der Waals surface area contributed by atoms with E-state index in [2.05, 4.69) is 99.6 Å². The predicted octanol–water partition coefficient (Wildman–Crippen LogP) is 6.92. The van der Waals surface area contributed by atoms with Gasteiger partial charge >= 0.3 is 0 Å². The van der Waals surface area contributed by atoms with Crippen LogP contribution in [0.15, 0.2) is 78.9 Å². The van der Waals surface area contributed by atoms with Crippen LogP contribution in [0.5, 0.6) is 5.75 Å². The van der Waals surface area contributed by atoms with Crippen LogP contribution in [0.3, 0.4) is 0 Å². The van der Waals surface area contributed by atoms with Crippen molar-refractivity contribution in [2.24, 2.45) is 17.8 Å². The fourth-order valence-electron chi connectivity index (χ4n) is 8.30. The zero-order chi connectivity index (χ0) is 29.5. The summed E-state index contributed by atoms with van der Waals surface area (Å²) in [6.07, 6.45) is 5.67. The minimum absolute atomic E-state index is 0.0490. The van der Waals surface area contributed by atoms with E-state index in [1.165, 1.54) is 21.5 Å². The summed E-state index contributed by atoms with van der Waals surface area (Å²) in [5.74, 6) is 2.18. The average molecular weight is 585 g/mol. The second-order valence-corrected chi connectivity index (χ2v) is 18.4. The molecule has 0 N–H and O–H groups in total. The fraction of sp³-hybridized carbons (Fsp3) is 0.514. The van der Waals surface area contributed by atoms with Gasteiger partial charge in [-0.3, -0.25) is 0 Å². The lowest BCUT2D eigenvalue weighted by Gasteiger charge is -2.46. The zero-order valence-electron chi connectivity index (χ0n) is 26.3. The quantitative estimate of drug-likeness (QED) is 0.269. The maximum Gasteiger partial charge on any atom is 0.261 e. The van der Waals surface area contributed by atoms with Crippen LogP contribution in [0.1, 0.15) is 65.0 Å². The Morgan fingerprint density at radius 1 is 0.857 bits per heavy atom. The van der Waals surface area contributed by atoms with Crippen LogP contribution < -0.4 is 15.1 Å². The largest absolute Gasteiger partial charge is 0.496 e. The SMILES string of the molecule is COc1cccc2c1C[C@H]1C[C@@H](O[Si](c3ccccc3)(c3ccccc3)C(C)(C)C)[C@H](CC[C@@H]3COC(C)(C)O3)[C@H]1C2. The Bertz CT molecular complexity index is 1310. The van der Waals surface area contributed by atoms with Crippen molar-refractivity contribution in [2.45, 2.75) is 89.8 Å². The molecule has 0 bridgehead atoms. The highest BCUT2D eigenvalue weighted by atomic mass is 28.4. The molecule has 4 nitrogen and oxygen atoms in total. The lowest BCUT2D eigenvalue weighted by Crippen LogP contribution is -2.68. The van der Waals surface area contributed by atoms with Gasteiger partial charge in [-0.1, -0.05) is 93.6 Å². The number of methoxy groups -OCH3 is 1. The highest BCUT2D eigenvalue weighted by Gasteiger charge is 2.55. The molecule has 0 amide bonds. The van der Waals surface area contributed by atoms with Gasteiger partial charge in [0.1, 0.15) is 5.75 Å². The van der Waals surface area contributed by atoms with E-state index < -0.39 is 14.1 Å². The molecule has 3 aromatic carbocycles. The molecule has 42 heavy (non-hydrogen) atoms. The van der Waals surface area contributed by atoms with E-state index in [1.807, 2.05) is 13.8 Å². The summed E-state index contributed by atoms with van der Waals surface area (Å²) in [6.45, 7) is 11.9. The Labute approximate surface area is 253 Å². The molecule has 2 aliphatic carbocycles. The van der Waals surface area contributed by atoms with Crippen molar-refractivity contribution in [3.05, 3.63) is 90.0 Å². The summed E-state index contributed by atoms with van der Waals surface area (Å²) in [6, 6.07) is 28.8. The maximum absolute atomic E-state index is 7.89. The van der Waals surface area contributed by atoms with E-state index in [9.17, 15) is 0 Å². The predicted molar refractivity (Wildman–Crippen MR) is 172 cm³/mol. The van der Waals surface area contributed by atoms with Crippen molar-refractivity contribution in [3.8, 4) is 5.75 Å². The van der Waals surface area contributed by atoms with Crippen molar-refractivity contribution in [1.82, 2.24) is 0 Å². The first-order valence-electron chi connectivity index (χ1n) is 15.9. The van der Waals surface area contributed by atoms with E-state index in [0.717, 1.165) is 37.9 Å². The van der Waals surface area contributed by atoms with E-state index in [4.69, 9.17) is 18.6 Å². The van der Waals surface area contributed by atoms with Crippen molar-refractivity contribution >= 4 is 18.7 Å². The molecule has 1 heterocycles. The third-order valence-electron chi connectivity index (χ3n) is 10.2. The molecule has 5 atom stereocenters. The number of fused-ring (bicyclic) bond motifs is 2. The topological polar surface area (TPSA) is 36.9 Å². The maximum atomic E-state index is 7.89. The molecule has 224 valence electrons. The van der Waals surface area contributed by atoms with E-state index >= 15 is 0 Å². The average Bonchev–Trinajstić information content (AvgIpc) is 3.50. The van der Waals surface area contributed by atoms with Crippen LogP contribution >= 0.6 is 0 Å². The van der Waals surface area contributed by atoms with Crippen molar-refractivity contribution in [1.29, 1.82) is 0 Å². The normalized spacial score (nSPS) is 27.0. The third-order valence-corrected chi connectivity index (χ3v) is 15.2. The first kappa shape index (κ1) is 29.6. The van der Waals surface area contributed by atoms with Gasteiger partial charge in [-0.2, -0.15) is 0 Å². The van der Waals surface area contributed by atoms with Crippen LogP contribution in [-0.4, -0.2) is 40.0 Å². The van der Waals surface area contributed by atoms with Gasteiger partial charge in [0.2, 0.25) is 0 Å². The van der Waals surface area contributed by atoms with Gasteiger partial charge in [0.05, 0.1) is 19.8 Å². The van der Waals surface area contributed by atoms with Gasteiger partial charge in [-0.15, -0.1) is 0 Å². The van der Waals surface area contributed by atoms with Gasteiger partial charge < -0.3 is 18.6 Å². The second kappa shape index (κ2) is 11.6. The standard InChI is InChI=1S/C37H48O4Si/c1-36(2,3)42(29-15-9-7-10-16-29,30-17-11-8-12-18-30)41-35-24-27-23-33-26(14-13-19-34(33)38-6)22-32(27)31(35)21-20-28-25-39-37(4,5)40-28/h7-19,27-28,31-32,35H,20-25H2,1-6H3/t27-,28+,31+,32-,35+/m0/s1. The summed E-state index contributed by atoms with van der Waals surface area (Å²) in [5, 5.41) is 2.67. The number of hydrogen-bond acceptors (Lipinski definition) is 4. The Balaban J connectivity index is 1.39. The van der Waals surface area contributed by atoms with Gasteiger partial charge in [-0.25, -0.2) is 0 Å². The first-order valence-corrected chi connectivity index (χ1v) is 17.8. The van der Waals surface area contributed by atoms with Crippen LogP contribution in [0.4, 0.5) is 0 Å². The minimum Gasteiger partial charge on any atom is -0.496 e. The van der Waals surface area contributed by atoms with Gasteiger partial charge in [-0.05, 0) is 96.3 Å². The number of benzene rings is 3. The summed E-state index contributed by atoms with van der Waals surface area (Å²) in [5.41, 5.74) is 2.86. The summed E-state index contributed by atoms with van der Waals surface area (Å²) in [7, 11) is -0.877. The summed E-state index contributed by atoms with van der Waals surface area (Å²) in [4.78, 5) is 0. The number of ether oxygens (including phenoxy) is 3. The lowest BCUT2D eigenvalue weighted by atomic mass is 9.73. The van der Waals surface area contributed by atoms with Crippen LogP contribution in [0, 0.1) is 17.8 Å². The molecule has 0 spiro atoms. The third kappa shape index (κ3) is 5.50. The van der Waals surface area contributed by atoms with Crippen molar-refractivity contribution < 1.29 is 18.6 Å². The molecule has 6 rings (SSSR count).